The summed E-state index contributed by atoms with van der Waals surface area (Å²) in [4.78, 5) is 11.9. The second kappa shape index (κ2) is 6.55. The lowest BCUT2D eigenvalue weighted by Gasteiger charge is -2.32. The quantitative estimate of drug-likeness (QED) is 0.787. The van der Waals surface area contributed by atoms with Gasteiger partial charge in [0.2, 0.25) is 5.91 Å². The zero-order valence-corrected chi connectivity index (χ0v) is 11.9. The van der Waals surface area contributed by atoms with Gasteiger partial charge in [-0.1, -0.05) is 39.5 Å². The first-order valence-corrected chi connectivity index (χ1v) is 7.65. The first kappa shape index (κ1) is 13.9. The van der Waals surface area contributed by atoms with E-state index in [0.29, 0.717) is 5.92 Å². The fraction of sp³-hybridized carbons (Fsp3) is 0.933. The fourth-order valence-electron chi connectivity index (χ4n) is 3.06. The molecular formula is C15H28N2O. The summed E-state index contributed by atoms with van der Waals surface area (Å²) in [5.74, 6) is 2.76. The van der Waals surface area contributed by atoms with Gasteiger partial charge in [0.1, 0.15) is 0 Å². The molecule has 0 spiro atoms. The van der Waals surface area contributed by atoms with Gasteiger partial charge in [0.05, 0.1) is 0 Å². The van der Waals surface area contributed by atoms with Crippen molar-refractivity contribution in [2.45, 2.75) is 46.0 Å². The van der Waals surface area contributed by atoms with Crippen LogP contribution in [0.2, 0.25) is 0 Å². The van der Waals surface area contributed by atoms with E-state index in [2.05, 4.69) is 24.5 Å². The molecule has 104 valence electrons. The Morgan fingerprint density at radius 1 is 1.28 bits per heavy atom. The first-order valence-electron chi connectivity index (χ1n) is 7.65. The Labute approximate surface area is 111 Å². The SMILES string of the molecule is CC1CCC(CCNC(=O)C(C)C2CNC2)CC1. The van der Waals surface area contributed by atoms with E-state index in [1.807, 2.05) is 0 Å². The Balaban J connectivity index is 1.58. The van der Waals surface area contributed by atoms with Gasteiger partial charge in [-0.25, -0.2) is 0 Å². The van der Waals surface area contributed by atoms with E-state index in [4.69, 9.17) is 0 Å². The van der Waals surface area contributed by atoms with Gasteiger partial charge in [0.25, 0.3) is 0 Å². The van der Waals surface area contributed by atoms with Gasteiger partial charge in [0, 0.05) is 12.5 Å². The molecule has 1 aliphatic heterocycles. The lowest BCUT2D eigenvalue weighted by Crippen LogP contribution is -2.49. The highest BCUT2D eigenvalue weighted by molar-refractivity contribution is 5.78. The normalized spacial score (nSPS) is 30.6. The molecule has 1 aliphatic carbocycles. The zero-order chi connectivity index (χ0) is 13.0. The number of hydrogen-bond donors (Lipinski definition) is 2. The van der Waals surface area contributed by atoms with Crippen molar-refractivity contribution in [3.05, 3.63) is 0 Å². The van der Waals surface area contributed by atoms with Gasteiger partial charge < -0.3 is 10.6 Å². The molecule has 0 aromatic carbocycles. The van der Waals surface area contributed by atoms with Crippen LogP contribution >= 0.6 is 0 Å². The number of carbonyl (C=O) groups excluding carboxylic acids is 1. The third kappa shape index (κ3) is 3.71. The summed E-state index contributed by atoms with van der Waals surface area (Å²) in [5.41, 5.74) is 0. The molecule has 3 heteroatoms. The largest absolute Gasteiger partial charge is 0.356 e. The van der Waals surface area contributed by atoms with Gasteiger partial charge in [-0.2, -0.15) is 0 Å². The van der Waals surface area contributed by atoms with Gasteiger partial charge >= 0.3 is 0 Å². The van der Waals surface area contributed by atoms with Crippen LogP contribution in [-0.2, 0) is 4.79 Å². The third-order valence-corrected chi connectivity index (χ3v) is 4.92. The molecule has 0 aromatic rings. The summed E-state index contributed by atoms with van der Waals surface area (Å²) in [6, 6.07) is 0. The Hall–Kier alpha value is -0.570. The van der Waals surface area contributed by atoms with Crippen molar-refractivity contribution in [2.24, 2.45) is 23.7 Å². The molecule has 3 nitrogen and oxygen atoms in total. The fourth-order valence-corrected chi connectivity index (χ4v) is 3.06. The zero-order valence-electron chi connectivity index (χ0n) is 11.9. The van der Waals surface area contributed by atoms with Gasteiger partial charge in [-0.15, -0.1) is 0 Å². The molecule has 2 aliphatic rings. The summed E-state index contributed by atoms with van der Waals surface area (Å²) < 4.78 is 0. The van der Waals surface area contributed by atoms with Crippen molar-refractivity contribution in [3.8, 4) is 0 Å². The molecule has 2 N–H and O–H groups in total. The Morgan fingerprint density at radius 2 is 1.94 bits per heavy atom. The highest BCUT2D eigenvalue weighted by Gasteiger charge is 2.28. The van der Waals surface area contributed by atoms with Gasteiger partial charge in [0.15, 0.2) is 0 Å². The van der Waals surface area contributed by atoms with E-state index in [-0.39, 0.29) is 11.8 Å². The smallest absolute Gasteiger partial charge is 0.223 e. The Morgan fingerprint density at radius 3 is 2.50 bits per heavy atom. The number of hydrogen-bond acceptors (Lipinski definition) is 2. The molecule has 1 unspecified atom stereocenters. The lowest BCUT2D eigenvalue weighted by molar-refractivity contribution is -0.126. The van der Waals surface area contributed by atoms with Crippen LogP contribution in [0.25, 0.3) is 0 Å². The van der Waals surface area contributed by atoms with Crippen molar-refractivity contribution in [2.75, 3.05) is 19.6 Å². The topological polar surface area (TPSA) is 41.1 Å². The van der Waals surface area contributed by atoms with Crippen LogP contribution in [0.3, 0.4) is 0 Å². The number of amides is 1. The molecule has 0 radical (unpaired) electrons. The first-order chi connectivity index (χ1) is 8.66. The minimum Gasteiger partial charge on any atom is -0.356 e. The maximum Gasteiger partial charge on any atom is 0.223 e. The summed E-state index contributed by atoms with van der Waals surface area (Å²) in [6.45, 7) is 7.31. The monoisotopic (exact) mass is 252 g/mol. The third-order valence-electron chi connectivity index (χ3n) is 4.92. The minimum absolute atomic E-state index is 0.178. The van der Waals surface area contributed by atoms with Crippen molar-refractivity contribution >= 4 is 5.91 Å². The molecule has 1 heterocycles. The predicted molar refractivity (Wildman–Crippen MR) is 74.3 cm³/mol. The molecule has 1 atom stereocenters. The van der Waals surface area contributed by atoms with Crippen LogP contribution < -0.4 is 10.6 Å². The highest BCUT2D eigenvalue weighted by Crippen LogP contribution is 2.29. The molecule has 1 amide bonds. The van der Waals surface area contributed by atoms with E-state index in [9.17, 15) is 4.79 Å². The van der Waals surface area contributed by atoms with Crippen LogP contribution in [0.4, 0.5) is 0 Å². The maximum atomic E-state index is 11.9. The summed E-state index contributed by atoms with van der Waals surface area (Å²) in [6.07, 6.45) is 6.65. The summed E-state index contributed by atoms with van der Waals surface area (Å²) >= 11 is 0. The van der Waals surface area contributed by atoms with Crippen molar-refractivity contribution in [1.82, 2.24) is 10.6 Å². The Bertz CT molecular complexity index is 268. The van der Waals surface area contributed by atoms with Gasteiger partial charge in [-0.05, 0) is 37.3 Å². The minimum atomic E-state index is 0.178. The average molecular weight is 252 g/mol. The number of carbonyl (C=O) groups is 1. The highest BCUT2D eigenvalue weighted by atomic mass is 16.1. The van der Waals surface area contributed by atoms with E-state index < -0.39 is 0 Å². The van der Waals surface area contributed by atoms with E-state index in [0.717, 1.165) is 31.5 Å². The van der Waals surface area contributed by atoms with Crippen LogP contribution in [-0.4, -0.2) is 25.5 Å². The van der Waals surface area contributed by atoms with Crippen LogP contribution in [0.1, 0.15) is 46.0 Å². The second-order valence-electron chi connectivity index (χ2n) is 6.41. The molecule has 1 saturated heterocycles. The van der Waals surface area contributed by atoms with E-state index in [1.165, 1.54) is 32.1 Å². The van der Waals surface area contributed by atoms with E-state index >= 15 is 0 Å². The molecule has 1 saturated carbocycles. The van der Waals surface area contributed by atoms with Crippen molar-refractivity contribution in [3.63, 3.8) is 0 Å². The predicted octanol–water partition coefficient (Wildman–Crippen LogP) is 2.17. The van der Waals surface area contributed by atoms with Crippen LogP contribution in [0.15, 0.2) is 0 Å². The molecule has 2 fully saturated rings. The van der Waals surface area contributed by atoms with Crippen molar-refractivity contribution in [1.29, 1.82) is 0 Å². The standard InChI is InChI=1S/C15H28N2O/c1-11-3-5-13(6-4-11)7-8-17-15(18)12(2)14-9-16-10-14/h11-14,16H,3-10H2,1-2H3,(H,17,18). The van der Waals surface area contributed by atoms with E-state index in [1.54, 1.807) is 0 Å². The second-order valence-corrected chi connectivity index (χ2v) is 6.41. The summed E-state index contributed by atoms with van der Waals surface area (Å²) in [7, 11) is 0. The number of nitrogens with one attached hydrogen (secondary N) is 2. The lowest BCUT2D eigenvalue weighted by atomic mass is 9.81. The summed E-state index contributed by atoms with van der Waals surface area (Å²) in [5, 5.41) is 6.35. The molecule has 18 heavy (non-hydrogen) atoms. The van der Waals surface area contributed by atoms with Crippen molar-refractivity contribution < 1.29 is 4.79 Å². The molecular weight excluding hydrogens is 224 g/mol. The maximum absolute atomic E-state index is 11.9. The molecule has 2 rings (SSSR count). The van der Waals surface area contributed by atoms with Crippen LogP contribution in [0.5, 0.6) is 0 Å². The molecule has 0 aromatic heterocycles. The number of rotatable bonds is 5. The molecule has 0 bridgehead atoms. The van der Waals surface area contributed by atoms with Crippen LogP contribution in [0, 0.1) is 23.7 Å². The van der Waals surface area contributed by atoms with Gasteiger partial charge in [-0.3, -0.25) is 4.79 Å². The average Bonchev–Trinajstić information content (AvgIpc) is 2.29. The Kier molecular flexibility index (Phi) is 5.04.